The van der Waals surface area contributed by atoms with Crippen LogP contribution >= 0.6 is 15.2 Å². The van der Waals surface area contributed by atoms with E-state index in [0.717, 1.165) is 25.7 Å². The molecular formula is C12H31NO7P2. The zero-order valence-electron chi connectivity index (χ0n) is 13.8. The van der Waals surface area contributed by atoms with Gasteiger partial charge in [0.2, 0.25) is 0 Å². The highest BCUT2D eigenvalue weighted by Crippen LogP contribution is 2.68. The third-order valence-electron chi connectivity index (χ3n) is 3.16. The molecule has 0 saturated heterocycles. The van der Waals surface area contributed by atoms with Crippen LogP contribution in [0, 0.1) is 0 Å². The van der Waals surface area contributed by atoms with Crippen molar-refractivity contribution in [1.82, 2.24) is 4.90 Å². The van der Waals surface area contributed by atoms with Crippen molar-refractivity contribution in [2.75, 3.05) is 20.1 Å². The molecule has 8 nitrogen and oxygen atoms in total. The zero-order valence-corrected chi connectivity index (χ0v) is 15.6. The summed E-state index contributed by atoms with van der Waals surface area (Å²) in [5.41, 5.74) is 0. The summed E-state index contributed by atoms with van der Waals surface area (Å²) < 4.78 is 22.3. The molecule has 0 aliphatic carbocycles. The van der Waals surface area contributed by atoms with Gasteiger partial charge in [-0.05, 0) is 20.0 Å². The lowest BCUT2D eigenvalue weighted by Crippen LogP contribution is -2.34. The summed E-state index contributed by atoms with van der Waals surface area (Å²) in [6, 6.07) is 0. The van der Waals surface area contributed by atoms with Crippen molar-refractivity contribution in [3.8, 4) is 0 Å². The number of rotatable bonds is 10. The van der Waals surface area contributed by atoms with Gasteiger partial charge < -0.3 is 29.6 Å². The van der Waals surface area contributed by atoms with Gasteiger partial charge in [0.05, 0.1) is 0 Å². The van der Waals surface area contributed by atoms with Crippen molar-refractivity contribution < 1.29 is 33.8 Å². The van der Waals surface area contributed by atoms with Crippen LogP contribution in [0.4, 0.5) is 0 Å². The average molecular weight is 363 g/mol. The minimum Gasteiger partial charge on any atom is -0.367 e. The molecule has 136 valence electrons. The maximum absolute atomic E-state index is 11.1. The van der Waals surface area contributed by atoms with E-state index in [0.29, 0.717) is 6.54 Å². The van der Waals surface area contributed by atoms with E-state index in [2.05, 4.69) is 6.92 Å². The summed E-state index contributed by atoms with van der Waals surface area (Å²) in [5, 5.41) is 6.38. The normalized spacial score (nSPS) is 13.0. The molecule has 0 aromatic carbocycles. The van der Waals surface area contributed by atoms with E-state index >= 15 is 0 Å². The zero-order chi connectivity index (χ0) is 18.0. The molecular weight excluding hydrogens is 332 g/mol. The Morgan fingerprint density at radius 2 is 1.36 bits per heavy atom. The van der Waals surface area contributed by atoms with Gasteiger partial charge in [0.1, 0.15) is 0 Å². The van der Waals surface area contributed by atoms with Gasteiger partial charge >= 0.3 is 15.2 Å². The van der Waals surface area contributed by atoms with Crippen LogP contribution in [-0.2, 0) is 9.13 Å². The Kier molecular flexibility index (Phi) is 12.1. The van der Waals surface area contributed by atoms with Crippen LogP contribution in [0.3, 0.4) is 0 Å². The van der Waals surface area contributed by atoms with Gasteiger partial charge in [-0.2, -0.15) is 0 Å². The molecule has 0 spiro atoms. The smallest absolute Gasteiger partial charge is 0.367 e. The molecule has 22 heavy (non-hydrogen) atoms. The van der Waals surface area contributed by atoms with Gasteiger partial charge in [-0.25, -0.2) is 0 Å². The molecule has 0 aromatic rings. The molecule has 0 bridgehead atoms. The molecule has 0 unspecified atom stereocenters. The maximum Gasteiger partial charge on any atom is 0.369 e. The Balaban J connectivity index is 0. The quantitative estimate of drug-likeness (QED) is 0.293. The molecule has 0 atom stereocenters. The first-order chi connectivity index (χ1) is 9.95. The molecule has 0 radical (unpaired) electrons. The predicted octanol–water partition coefficient (Wildman–Crippen LogP) is 1.92. The van der Waals surface area contributed by atoms with Gasteiger partial charge in [-0.3, -0.25) is 9.13 Å². The van der Waals surface area contributed by atoms with Crippen molar-refractivity contribution in [1.29, 1.82) is 0 Å². The fourth-order valence-electron chi connectivity index (χ4n) is 1.72. The maximum atomic E-state index is 11.1. The number of nitrogens with zero attached hydrogens (tertiary/aromatic N) is 1. The van der Waals surface area contributed by atoms with E-state index in [4.69, 9.17) is 19.6 Å². The molecule has 5 N–H and O–H groups in total. The second-order valence-corrected chi connectivity index (χ2v) is 8.98. The van der Waals surface area contributed by atoms with Crippen LogP contribution in [0.15, 0.2) is 0 Å². The highest BCUT2D eigenvalue weighted by molar-refractivity contribution is 7.72. The second-order valence-electron chi connectivity index (χ2n) is 4.98. The van der Waals surface area contributed by atoms with E-state index in [1.165, 1.54) is 0 Å². The minimum atomic E-state index is -5.34. The Bertz CT molecular complexity index is 358. The van der Waals surface area contributed by atoms with Crippen LogP contribution in [0.1, 0.15) is 52.9 Å². The fourth-order valence-corrected chi connectivity index (χ4v) is 3.86. The first kappa shape index (κ1) is 24.5. The van der Waals surface area contributed by atoms with Gasteiger partial charge in [-0.1, -0.05) is 40.0 Å². The molecule has 0 amide bonds. The number of aliphatic hydroxyl groups is 1. The van der Waals surface area contributed by atoms with E-state index in [-0.39, 0.29) is 6.54 Å². The van der Waals surface area contributed by atoms with Crippen molar-refractivity contribution in [2.45, 2.75) is 58.0 Å². The second kappa shape index (κ2) is 10.9. The van der Waals surface area contributed by atoms with Crippen LogP contribution in [0.2, 0.25) is 0 Å². The predicted molar refractivity (Wildman–Crippen MR) is 86.6 cm³/mol. The molecule has 10 heteroatoms. The van der Waals surface area contributed by atoms with Crippen LogP contribution < -0.4 is 0 Å². The molecule has 0 aliphatic rings. The van der Waals surface area contributed by atoms with Crippen molar-refractivity contribution in [3.63, 3.8) is 0 Å². The third-order valence-corrected chi connectivity index (χ3v) is 7.03. The summed E-state index contributed by atoms with van der Waals surface area (Å²) in [6.07, 6.45) is 3.38. The number of hydrogen-bond donors (Lipinski definition) is 5. The van der Waals surface area contributed by atoms with Gasteiger partial charge in [0.15, 0.2) is 0 Å². The van der Waals surface area contributed by atoms with Crippen LogP contribution in [0.25, 0.3) is 0 Å². The highest BCUT2D eigenvalue weighted by atomic mass is 31.2. The molecule has 0 aliphatic heterocycles. The third kappa shape index (κ3) is 8.18. The topological polar surface area (TPSA) is 139 Å². The van der Waals surface area contributed by atoms with Gasteiger partial charge in [0, 0.05) is 13.0 Å². The van der Waals surface area contributed by atoms with Gasteiger partial charge in [0.25, 0.3) is 5.08 Å². The van der Waals surface area contributed by atoms with Gasteiger partial charge in [-0.15, -0.1) is 0 Å². The standard InChI is InChI=1S/C10H25NO7P2.C2H6/c1-3-4-5-6-8-11(2)9-7-10(12,19(13,14)15)20(16,17)18;1-2/h12H,3-9H2,1-2H3,(H2,13,14,15)(H2,16,17,18);1-2H3. The first-order valence-corrected chi connectivity index (χ1v) is 10.7. The SMILES string of the molecule is CC.CCCCCCN(C)CCC(O)(P(=O)(O)O)P(=O)(O)O. The highest BCUT2D eigenvalue weighted by Gasteiger charge is 2.58. The fraction of sp³-hybridized carbons (Fsp3) is 1.00. The Morgan fingerprint density at radius 1 is 0.909 bits per heavy atom. The molecule has 0 aromatic heterocycles. The lowest BCUT2D eigenvalue weighted by atomic mass is 10.2. The van der Waals surface area contributed by atoms with Crippen LogP contribution in [0.5, 0.6) is 0 Å². The van der Waals surface area contributed by atoms with Crippen molar-refractivity contribution in [3.05, 3.63) is 0 Å². The summed E-state index contributed by atoms with van der Waals surface area (Å²) >= 11 is 0. The van der Waals surface area contributed by atoms with Crippen LogP contribution in [-0.4, -0.2) is 54.8 Å². The van der Waals surface area contributed by atoms with E-state index in [1.54, 1.807) is 11.9 Å². The van der Waals surface area contributed by atoms with Crippen molar-refractivity contribution in [2.24, 2.45) is 0 Å². The largest absolute Gasteiger partial charge is 0.369 e. The van der Waals surface area contributed by atoms with Crippen molar-refractivity contribution >= 4 is 15.2 Å². The Hall–Kier alpha value is 0.220. The lowest BCUT2D eigenvalue weighted by molar-refractivity contribution is 0.112. The molecule has 0 saturated carbocycles. The number of hydrogen-bond acceptors (Lipinski definition) is 4. The average Bonchev–Trinajstić information content (AvgIpc) is 2.40. The van der Waals surface area contributed by atoms with E-state index in [9.17, 15) is 14.2 Å². The first-order valence-electron chi connectivity index (χ1n) is 7.48. The van der Waals surface area contributed by atoms with E-state index in [1.807, 2.05) is 13.8 Å². The minimum absolute atomic E-state index is 0.0150. The lowest BCUT2D eigenvalue weighted by Gasteiger charge is -2.30. The molecule has 0 rings (SSSR count). The summed E-state index contributed by atoms with van der Waals surface area (Å²) in [7, 11) is -9.00. The Labute approximate surface area is 132 Å². The summed E-state index contributed by atoms with van der Waals surface area (Å²) in [4.78, 5) is 37.6. The molecule has 0 heterocycles. The number of unbranched alkanes of at least 4 members (excludes halogenated alkanes) is 3. The molecule has 0 fully saturated rings. The summed E-state index contributed by atoms with van der Waals surface area (Å²) in [5.74, 6) is 0. The summed E-state index contributed by atoms with van der Waals surface area (Å²) in [6.45, 7) is 6.70. The Morgan fingerprint density at radius 3 is 1.73 bits per heavy atom. The van der Waals surface area contributed by atoms with E-state index < -0.39 is 26.7 Å². The monoisotopic (exact) mass is 363 g/mol.